The average Bonchev–Trinajstić information content (AvgIpc) is 2.60. The molecular formula is C13H8ClNOS. The number of anilines is 1. The molecule has 1 aliphatic heterocycles. The molecule has 3 rings (SSSR count). The first kappa shape index (κ1) is 10.7. The summed E-state index contributed by atoms with van der Waals surface area (Å²) in [5.41, 5.74) is 1.63. The van der Waals surface area contributed by atoms with Crippen molar-refractivity contribution in [3.63, 3.8) is 0 Å². The molecule has 0 atom stereocenters. The maximum absolute atomic E-state index is 11.7. The molecule has 0 unspecified atom stereocenters. The van der Waals surface area contributed by atoms with Crippen LogP contribution in [0.25, 0.3) is 10.8 Å². The summed E-state index contributed by atoms with van der Waals surface area (Å²) in [5.74, 6) is -0.111. The molecule has 84 valence electrons. The molecule has 2 aromatic carbocycles. The third kappa shape index (κ3) is 1.33. The zero-order chi connectivity index (χ0) is 12.2. The second-order valence-electron chi connectivity index (χ2n) is 3.96. The molecule has 1 amide bonds. The number of rotatable bonds is 0. The number of hydrogen-bond acceptors (Lipinski definition) is 2. The van der Waals surface area contributed by atoms with Gasteiger partial charge in [0.15, 0.2) is 0 Å². The van der Waals surface area contributed by atoms with Crippen LogP contribution >= 0.6 is 23.8 Å². The zero-order valence-corrected chi connectivity index (χ0v) is 10.6. The SMILES string of the molecule is CC(=O)N1C(=S)c2cccc3ccc(Cl)c1c23. The quantitative estimate of drug-likeness (QED) is 0.676. The van der Waals surface area contributed by atoms with E-state index in [1.54, 1.807) is 6.07 Å². The highest BCUT2D eigenvalue weighted by Crippen LogP contribution is 2.42. The summed E-state index contributed by atoms with van der Waals surface area (Å²) in [5, 5.41) is 2.58. The smallest absolute Gasteiger partial charge is 0.229 e. The first-order valence-corrected chi connectivity index (χ1v) is 5.96. The Kier molecular flexibility index (Phi) is 2.21. The van der Waals surface area contributed by atoms with Crippen molar-refractivity contribution in [3.05, 3.63) is 40.9 Å². The van der Waals surface area contributed by atoms with E-state index in [1.807, 2.05) is 24.3 Å². The van der Waals surface area contributed by atoms with E-state index in [-0.39, 0.29) is 5.91 Å². The fourth-order valence-corrected chi connectivity index (χ4v) is 2.89. The van der Waals surface area contributed by atoms with Gasteiger partial charge in [0.1, 0.15) is 4.99 Å². The van der Waals surface area contributed by atoms with Gasteiger partial charge in [-0.2, -0.15) is 0 Å². The topological polar surface area (TPSA) is 20.3 Å². The molecule has 2 aromatic rings. The molecule has 0 spiro atoms. The number of amides is 1. The number of benzene rings is 2. The maximum atomic E-state index is 11.7. The van der Waals surface area contributed by atoms with Crippen LogP contribution in [0.1, 0.15) is 12.5 Å². The zero-order valence-electron chi connectivity index (χ0n) is 9.03. The summed E-state index contributed by atoms with van der Waals surface area (Å²) in [7, 11) is 0. The average molecular weight is 262 g/mol. The van der Waals surface area contributed by atoms with Crippen LogP contribution in [0.2, 0.25) is 5.02 Å². The summed E-state index contributed by atoms with van der Waals surface area (Å²) in [6.45, 7) is 1.49. The highest BCUT2D eigenvalue weighted by atomic mass is 35.5. The highest BCUT2D eigenvalue weighted by molar-refractivity contribution is 7.81. The lowest BCUT2D eigenvalue weighted by atomic mass is 10.1. The van der Waals surface area contributed by atoms with Crippen molar-refractivity contribution >= 4 is 51.2 Å². The second-order valence-corrected chi connectivity index (χ2v) is 4.75. The normalized spacial score (nSPS) is 13.5. The van der Waals surface area contributed by atoms with Gasteiger partial charge in [0.25, 0.3) is 0 Å². The number of carbonyl (C=O) groups excluding carboxylic acids is 1. The minimum absolute atomic E-state index is 0.111. The molecule has 1 heterocycles. The lowest BCUT2D eigenvalue weighted by Gasteiger charge is -2.16. The Labute approximate surface area is 109 Å². The van der Waals surface area contributed by atoms with Crippen molar-refractivity contribution in [2.75, 3.05) is 4.90 Å². The van der Waals surface area contributed by atoms with E-state index in [4.69, 9.17) is 23.8 Å². The van der Waals surface area contributed by atoms with Gasteiger partial charge in [-0.3, -0.25) is 9.69 Å². The van der Waals surface area contributed by atoms with Gasteiger partial charge >= 0.3 is 0 Å². The number of carbonyl (C=O) groups is 1. The summed E-state index contributed by atoms with van der Waals surface area (Å²) < 4.78 is 0. The van der Waals surface area contributed by atoms with Crippen LogP contribution < -0.4 is 4.90 Å². The van der Waals surface area contributed by atoms with Gasteiger partial charge in [-0.15, -0.1) is 0 Å². The van der Waals surface area contributed by atoms with Gasteiger partial charge in [-0.1, -0.05) is 48.1 Å². The Hall–Kier alpha value is -1.45. The number of hydrogen-bond donors (Lipinski definition) is 0. The van der Waals surface area contributed by atoms with Crippen LogP contribution in [0.3, 0.4) is 0 Å². The Morgan fingerprint density at radius 2 is 2.06 bits per heavy atom. The maximum Gasteiger partial charge on any atom is 0.229 e. The summed E-state index contributed by atoms with van der Waals surface area (Å²) >= 11 is 11.5. The minimum atomic E-state index is -0.111. The molecule has 17 heavy (non-hydrogen) atoms. The van der Waals surface area contributed by atoms with Crippen LogP contribution in [-0.2, 0) is 4.79 Å². The third-order valence-electron chi connectivity index (χ3n) is 2.94. The van der Waals surface area contributed by atoms with Gasteiger partial charge < -0.3 is 0 Å². The molecule has 0 radical (unpaired) electrons. The van der Waals surface area contributed by atoms with Crippen molar-refractivity contribution < 1.29 is 4.79 Å². The second kappa shape index (κ2) is 3.52. The van der Waals surface area contributed by atoms with Gasteiger partial charge in [0.2, 0.25) is 5.91 Å². The first-order chi connectivity index (χ1) is 8.11. The Balaban J connectivity index is 2.49. The molecule has 4 heteroatoms. The molecule has 0 bridgehead atoms. The molecule has 0 saturated heterocycles. The standard InChI is InChI=1S/C13H8ClNOS/c1-7(16)15-12-10(14)6-5-8-3-2-4-9(11(8)12)13(15)17/h2-6H,1H3. The fraction of sp³-hybridized carbons (Fsp3) is 0.0769. The highest BCUT2D eigenvalue weighted by Gasteiger charge is 2.31. The number of nitrogens with zero attached hydrogens (tertiary/aromatic N) is 1. The summed E-state index contributed by atoms with van der Waals surface area (Å²) in [4.78, 5) is 13.7. The summed E-state index contributed by atoms with van der Waals surface area (Å²) in [6.07, 6.45) is 0. The third-order valence-corrected chi connectivity index (χ3v) is 3.65. The van der Waals surface area contributed by atoms with E-state index >= 15 is 0 Å². The van der Waals surface area contributed by atoms with Crippen molar-refractivity contribution in [2.45, 2.75) is 6.92 Å². The van der Waals surface area contributed by atoms with Crippen molar-refractivity contribution in [3.8, 4) is 0 Å². The van der Waals surface area contributed by atoms with Gasteiger partial charge in [-0.05, 0) is 11.5 Å². The number of halogens is 1. The predicted octanol–water partition coefficient (Wildman–Crippen LogP) is 3.54. The van der Waals surface area contributed by atoms with E-state index in [0.29, 0.717) is 10.0 Å². The molecule has 0 fully saturated rings. The predicted molar refractivity (Wildman–Crippen MR) is 73.8 cm³/mol. The van der Waals surface area contributed by atoms with E-state index in [9.17, 15) is 4.79 Å². The molecule has 0 saturated carbocycles. The Bertz CT molecular complexity index is 680. The Morgan fingerprint density at radius 3 is 2.76 bits per heavy atom. The summed E-state index contributed by atoms with van der Waals surface area (Å²) in [6, 6.07) is 9.59. The van der Waals surface area contributed by atoms with E-state index < -0.39 is 0 Å². The largest absolute Gasteiger partial charge is 0.274 e. The van der Waals surface area contributed by atoms with Gasteiger partial charge in [0.05, 0.1) is 10.7 Å². The molecule has 1 aliphatic rings. The van der Waals surface area contributed by atoms with Crippen molar-refractivity contribution in [1.29, 1.82) is 0 Å². The van der Waals surface area contributed by atoms with Gasteiger partial charge in [0, 0.05) is 17.9 Å². The lowest BCUT2D eigenvalue weighted by Crippen LogP contribution is -2.30. The van der Waals surface area contributed by atoms with Crippen LogP contribution in [0.15, 0.2) is 30.3 Å². The monoisotopic (exact) mass is 261 g/mol. The first-order valence-electron chi connectivity index (χ1n) is 5.17. The van der Waals surface area contributed by atoms with Crippen molar-refractivity contribution in [2.24, 2.45) is 0 Å². The fourth-order valence-electron chi connectivity index (χ4n) is 2.25. The molecule has 0 aliphatic carbocycles. The van der Waals surface area contributed by atoms with Crippen LogP contribution in [-0.4, -0.2) is 10.9 Å². The molecule has 2 nitrogen and oxygen atoms in total. The number of thiocarbonyl (C=S) groups is 1. The lowest BCUT2D eigenvalue weighted by molar-refractivity contribution is -0.115. The Morgan fingerprint density at radius 1 is 1.29 bits per heavy atom. The van der Waals surface area contributed by atoms with Gasteiger partial charge in [-0.25, -0.2) is 0 Å². The van der Waals surface area contributed by atoms with E-state index in [0.717, 1.165) is 22.0 Å². The van der Waals surface area contributed by atoms with E-state index in [2.05, 4.69) is 0 Å². The molecule has 0 aromatic heterocycles. The van der Waals surface area contributed by atoms with Crippen molar-refractivity contribution in [1.82, 2.24) is 0 Å². The van der Waals surface area contributed by atoms with Crippen LogP contribution in [0.4, 0.5) is 5.69 Å². The van der Waals surface area contributed by atoms with Crippen LogP contribution in [0.5, 0.6) is 0 Å². The molecule has 0 N–H and O–H groups in total. The van der Waals surface area contributed by atoms with E-state index in [1.165, 1.54) is 11.8 Å². The molecular weight excluding hydrogens is 254 g/mol. The van der Waals surface area contributed by atoms with Crippen LogP contribution in [0, 0.1) is 0 Å². The minimum Gasteiger partial charge on any atom is -0.274 e.